The van der Waals surface area contributed by atoms with Gasteiger partial charge in [0.1, 0.15) is 5.82 Å². The Morgan fingerprint density at radius 1 is 1.15 bits per heavy atom. The topological polar surface area (TPSA) is 40.5 Å². The third-order valence-electron chi connectivity index (χ3n) is 4.36. The number of unbranched alkanes of at least 4 members (excludes halogenated alkanes) is 1. The molecule has 1 aromatic carbocycles. The van der Waals surface area contributed by atoms with Crippen molar-refractivity contribution in [3.63, 3.8) is 0 Å². The van der Waals surface area contributed by atoms with Crippen molar-refractivity contribution >= 4 is 5.97 Å². The fourth-order valence-corrected chi connectivity index (χ4v) is 3.00. The molecule has 0 unspecified atom stereocenters. The van der Waals surface area contributed by atoms with Gasteiger partial charge in [0, 0.05) is 30.1 Å². The molecule has 0 bridgehead atoms. The van der Waals surface area contributed by atoms with Crippen LogP contribution >= 0.6 is 0 Å². The van der Waals surface area contributed by atoms with Crippen LogP contribution < -0.4 is 0 Å². The molecule has 1 aromatic heterocycles. The summed E-state index contributed by atoms with van der Waals surface area (Å²) in [6, 6.07) is 6.54. The summed E-state index contributed by atoms with van der Waals surface area (Å²) in [6.45, 7) is 9.30. The Kier molecular flexibility index (Phi) is 7.39. The van der Waals surface area contributed by atoms with Crippen molar-refractivity contribution in [3.05, 3.63) is 52.6 Å². The number of rotatable bonds is 9. The number of esters is 1. The summed E-state index contributed by atoms with van der Waals surface area (Å²) in [5.41, 5.74) is 3.97. The van der Waals surface area contributed by atoms with Gasteiger partial charge in [0.05, 0.1) is 18.8 Å². The number of benzene rings is 1. The van der Waals surface area contributed by atoms with E-state index in [9.17, 15) is 9.18 Å². The molecule has 2 rings (SSSR count). The van der Waals surface area contributed by atoms with E-state index in [1.807, 2.05) is 24.5 Å². The first-order valence-corrected chi connectivity index (χ1v) is 9.22. The normalized spacial score (nSPS) is 11.0. The number of hydrogen-bond donors (Lipinski definition) is 0. The highest BCUT2D eigenvalue weighted by Crippen LogP contribution is 2.25. The number of hydrogen-bond acceptors (Lipinski definition) is 3. The highest BCUT2D eigenvalue weighted by molar-refractivity contribution is 5.91. The van der Waals surface area contributed by atoms with Gasteiger partial charge in [-0.2, -0.15) is 0 Å². The standard InChI is InChI=1S/C21H28FNO3/c1-5-7-11-25-12-10-18-14-19(21(24)26-6-2)16(4)23(18)20-9-8-17(22)13-15(20)3/h8-9,13-14H,5-7,10-12H2,1-4H3. The molecular weight excluding hydrogens is 333 g/mol. The Labute approximate surface area is 154 Å². The van der Waals surface area contributed by atoms with E-state index in [1.54, 1.807) is 13.0 Å². The lowest BCUT2D eigenvalue weighted by Crippen LogP contribution is -2.09. The van der Waals surface area contributed by atoms with Crippen LogP contribution in [0.1, 0.15) is 54.0 Å². The number of aromatic nitrogens is 1. The first-order chi connectivity index (χ1) is 12.5. The summed E-state index contributed by atoms with van der Waals surface area (Å²) < 4.78 is 26.4. The lowest BCUT2D eigenvalue weighted by molar-refractivity contribution is 0.0525. The van der Waals surface area contributed by atoms with Gasteiger partial charge in [-0.05, 0) is 57.0 Å². The fraction of sp³-hybridized carbons (Fsp3) is 0.476. The first kappa shape index (κ1) is 20.2. The van der Waals surface area contributed by atoms with Gasteiger partial charge in [0.25, 0.3) is 0 Å². The van der Waals surface area contributed by atoms with Gasteiger partial charge in [0.2, 0.25) is 0 Å². The van der Waals surface area contributed by atoms with Gasteiger partial charge in [-0.25, -0.2) is 9.18 Å². The molecule has 2 aromatic rings. The zero-order valence-electron chi connectivity index (χ0n) is 16.1. The molecule has 0 aliphatic carbocycles. The summed E-state index contributed by atoms with van der Waals surface area (Å²) in [5, 5.41) is 0. The molecule has 0 atom stereocenters. The molecule has 142 valence electrons. The zero-order chi connectivity index (χ0) is 19.1. The summed E-state index contributed by atoms with van der Waals surface area (Å²) in [5.74, 6) is -0.609. The maximum Gasteiger partial charge on any atom is 0.339 e. The Morgan fingerprint density at radius 3 is 2.58 bits per heavy atom. The van der Waals surface area contributed by atoms with Gasteiger partial charge >= 0.3 is 5.97 Å². The van der Waals surface area contributed by atoms with Crippen molar-refractivity contribution in [2.24, 2.45) is 0 Å². The molecule has 0 aliphatic heterocycles. The minimum absolute atomic E-state index is 0.272. The minimum atomic E-state index is -0.336. The molecule has 5 heteroatoms. The molecule has 26 heavy (non-hydrogen) atoms. The fourth-order valence-electron chi connectivity index (χ4n) is 3.00. The van der Waals surface area contributed by atoms with Crippen molar-refractivity contribution in [2.45, 2.75) is 47.0 Å². The second kappa shape index (κ2) is 9.53. The van der Waals surface area contributed by atoms with Crippen molar-refractivity contribution in [2.75, 3.05) is 19.8 Å². The SMILES string of the molecule is CCCCOCCc1cc(C(=O)OCC)c(C)n1-c1ccc(F)cc1C. The average molecular weight is 361 g/mol. The largest absolute Gasteiger partial charge is 0.462 e. The summed E-state index contributed by atoms with van der Waals surface area (Å²) in [4.78, 5) is 12.3. The number of nitrogens with zero attached hydrogens (tertiary/aromatic N) is 1. The molecule has 1 heterocycles. The second-order valence-corrected chi connectivity index (χ2v) is 6.34. The number of carbonyl (C=O) groups is 1. The number of carbonyl (C=O) groups excluding carboxylic acids is 1. The summed E-state index contributed by atoms with van der Waals surface area (Å²) in [7, 11) is 0. The van der Waals surface area contributed by atoms with E-state index in [-0.39, 0.29) is 11.8 Å². The van der Waals surface area contributed by atoms with Crippen LogP contribution in [0.3, 0.4) is 0 Å². The highest BCUT2D eigenvalue weighted by Gasteiger charge is 2.20. The van der Waals surface area contributed by atoms with E-state index in [1.165, 1.54) is 12.1 Å². The summed E-state index contributed by atoms with van der Waals surface area (Å²) in [6.07, 6.45) is 2.79. The highest BCUT2D eigenvalue weighted by atomic mass is 19.1. The quantitative estimate of drug-likeness (QED) is 0.477. The Bertz CT molecular complexity index is 752. The Hall–Kier alpha value is -2.14. The van der Waals surface area contributed by atoms with Gasteiger partial charge in [-0.3, -0.25) is 0 Å². The molecule has 0 N–H and O–H groups in total. The molecule has 0 saturated heterocycles. The Balaban J connectivity index is 2.37. The Morgan fingerprint density at radius 2 is 1.92 bits per heavy atom. The van der Waals surface area contributed by atoms with Gasteiger partial charge in [-0.15, -0.1) is 0 Å². The number of ether oxygens (including phenoxy) is 2. The van der Waals surface area contributed by atoms with Crippen LogP contribution in [0.15, 0.2) is 24.3 Å². The van der Waals surface area contributed by atoms with E-state index in [2.05, 4.69) is 6.92 Å². The lowest BCUT2D eigenvalue weighted by Gasteiger charge is -2.15. The van der Waals surface area contributed by atoms with Crippen molar-refractivity contribution in [1.82, 2.24) is 4.57 Å². The van der Waals surface area contributed by atoms with Crippen LogP contribution in [0.25, 0.3) is 5.69 Å². The summed E-state index contributed by atoms with van der Waals surface area (Å²) >= 11 is 0. The van der Waals surface area contributed by atoms with Crippen LogP contribution in [0.5, 0.6) is 0 Å². The predicted molar refractivity (Wildman–Crippen MR) is 101 cm³/mol. The van der Waals surface area contributed by atoms with Gasteiger partial charge < -0.3 is 14.0 Å². The van der Waals surface area contributed by atoms with E-state index in [4.69, 9.17) is 9.47 Å². The van der Waals surface area contributed by atoms with E-state index < -0.39 is 0 Å². The minimum Gasteiger partial charge on any atom is -0.462 e. The number of halogens is 1. The smallest absolute Gasteiger partial charge is 0.339 e. The maximum absolute atomic E-state index is 13.5. The molecule has 0 spiro atoms. The van der Waals surface area contributed by atoms with Gasteiger partial charge in [0.15, 0.2) is 0 Å². The predicted octanol–water partition coefficient (Wildman–Crippen LogP) is 4.77. The second-order valence-electron chi connectivity index (χ2n) is 6.34. The van der Waals surface area contributed by atoms with E-state index in [0.29, 0.717) is 25.2 Å². The molecular formula is C21H28FNO3. The molecule has 0 amide bonds. The van der Waals surface area contributed by atoms with Crippen LogP contribution in [-0.4, -0.2) is 30.4 Å². The molecule has 0 radical (unpaired) electrons. The van der Waals surface area contributed by atoms with Crippen LogP contribution in [0.4, 0.5) is 4.39 Å². The maximum atomic E-state index is 13.5. The van der Waals surface area contributed by atoms with Gasteiger partial charge in [-0.1, -0.05) is 13.3 Å². The molecule has 0 aliphatic rings. The van der Waals surface area contributed by atoms with Crippen molar-refractivity contribution in [1.29, 1.82) is 0 Å². The molecule has 0 saturated carbocycles. The van der Waals surface area contributed by atoms with Crippen LogP contribution in [0.2, 0.25) is 0 Å². The average Bonchev–Trinajstić information content (AvgIpc) is 2.92. The van der Waals surface area contributed by atoms with Crippen molar-refractivity contribution in [3.8, 4) is 5.69 Å². The van der Waals surface area contributed by atoms with E-state index >= 15 is 0 Å². The zero-order valence-corrected chi connectivity index (χ0v) is 16.1. The van der Waals surface area contributed by atoms with E-state index in [0.717, 1.165) is 42.1 Å². The third-order valence-corrected chi connectivity index (χ3v) is 4.36. The first-order valence-electron chi connectivity index (χ1n) is 9.22. The lowest BCUT2D eigenvalue weighted by atomic mass is 10.2. The van der Waals surface area contributed by atoms with Crippen LogP contribution in [-0.2, 0) is 15.9 Å². The molecule has 4 nitrogen and oxygen atoms in total. The third kappa shape index (κ3) is 4.73. The molecule has 0 fully saturated rings. The monoisotopic (exact) mass is 361 g/mol. The number of aryl methyl sites for hydroxylation is 1. The van der Waals surface area contributed by atoms with Crippen molar-refractivity contribution < 1.29 is 18.7 Å². The van der Waals surface area contributed by atoms with Crippen LogP contribution in [0, 0.1) is 19.7 Å².